The number of halogens is 2. The highest BCUT2D eigenvalue weighted by Crippen LogP contribution is 2.26. The first-order chi connectivity index (χ1) is 15.8. The first kappa shape index (κ1) is 25.7. The van der Waals surface area contributed by atoms with Gasteiger partial charge in [0.1, 0.15) is 23.8 Å². The largest absolute Gasteiger partial charge is 0.389 e. The van der Waals surface area contributed by atoms with Gasteiger partial charge >= 0.3 is 0 Å². The number of ether oxygens (including phenoxy) is 1. The molecule has 0 aliphatic carbocycles. The van der Waals surface area contributed by atoms with Crippen molar-refractivity contribution in [2.24, 2.45) is 0 Å². The van der Waals surface area contributed by atoms with Crippen LogP contribution in [0.3, 0.4) is 0 Å². The van der Waals surface area contributed by atoms with Crippen LogP contribution in [0.15, 0.2) is 42.5 Å². The number of likely N-dealkylation sites (tertiary alicyclic amines) is 1. The fourth-order valence-electron chi connectivity index (χ4n) is 4.17. The number of unbranched alkanes of at least 4 members (excludes halogenated alkanes) is 3. The second-order valence-electron chi connectivity index (χ2n) is 8.66. The van der Waals surface area contributed by atoms with Crippen LogP contribution in [0.5, 0.6) is 0 Å². The molecule has 3 rings (SSSR count). The Kier molecular flexibility index (Phi) is 9.73. The molecule has 1 aliphatic heterocycles. The van der Waals surface area contributed by atoms with E-state index in [1.54, 1.807) is 0 Å². The van der Waals surface area contributed by atoms with Gasteiger partial charge in [0.25, 0.3) is 0 Å². The van der Waals surface area contributed by atoms with Crippen LogP contribution in [0, 0.1) is 11.6 Å². The van der Waals surface area contributed by atoms with E-state index in [9.17, 15) is 29.2 Å². The van der Waals surface area contributed by atoms with Crippen molar-refractivity contribution < 1.29 is 33.9 Å². The van der Waals surface area contributed by atoms with Gasteiger partial charge < -0.3 is 25.2 Å². The molecule has 0 amide bonds. The van der Waals surface area contributed by atoms with Crippen molar-refractivity contribution in [3.05, 3.63) is 59.7 Å². The SMILES string of the molecule is O[C@H]1[C@H](O)[C@@H](O)CN(CCCCCCOCc2ccccc2-c2cc(F)cc(F)c2)C[C@@H]1O. The molecular weight excluding hydrogens is 432 g/mol. The molecule has 2 aromatic carbocycles. The summed E-state index contributed by atoms with van der Waals surface area (Å²) in [6, 6.07) is 10.9. The van der Waals surface area contributed by atoms with Crippen molar-refractivity contribution in [3.63, 3.8) is 0 Å². The number of hydrogen-bond acceptors (Lipinski definition) is 6. The number of hydrogen-bond donors (Lipinski definition) is 4. The van der Waals surface area contributed by atoms with E-state index in [1.807, 2.05) is 29.2 Å². The zero-order chi connectivity index (χ0) is 23.8. The Morgan fingerprint density at radius 2 is 1.42 bits per heavy atom. The Balaban J connectivity index is 1.36. The fraction of sp³-hybridized carbons (Fsp3) is 0.520. The molecule has 1 aliphatic rings. The minimum Gasteiger partial charge on any atom is -0.389 e. The molecule has 8 heteroatoms. The van der Waals surface area contributed by atoms with Crippen LogP contribution >= 0.6 is 0 Å². The Morgan fingerprint density at radius 3 is 2.09 bits per heavy atom. The number of nitrogens with zero attached hydrogens (tertiary/aromatic N) is 1. The summed E-state index contributed by atoms with van der Waals surface area (Å²) in [6.45, 7) is 2.00. The Morgan fingerprint density at radius 1 is 0.818 bits per heavy atom. The van der Waals surface area contributed by atoms with E-state index in [-0.39, 0.29) is 13.1 Å². The van der Waals surface area contributed by atoms with Crippen LogP contribution in [-0.2, 0) is 11.3 Å². The van der Waals surface area contributed by atoms with Gasteiger partial charge in [0, 0.05) is 25.8 Å². The summed E-state index contributed by atoms with van der Waals surface area (Å²) in [6.07, 6.45) is -1.25. The topological polar surface area (TPSA) is 93.4 Å². The van der Waals surface area contributed by atoms with Crippen molar-refractivity contribution in [3.8, 4) is 11.1 Å². The maximum absolute atomic E-state index is 13.6. The average Bonchev–Trinajstić information content (AvgIpc) is 2.87. The fourth-order valence-corrected chi connectivity index (χ4v) is 4.17. The monoisotopic (exact) mass is 465 g/mol. The molecule has 4 N–H and O–H groups in total. The van der Waals surface area contributed by atoms with Gasteiger partial charge in [-0.05, 0) is 48.2 Å². The van der Waals surface area contributed by atoms with E-state index in [1.165, 1.54) is 12.1 Å². The number of β-amino-alcohol motifs (C(OH)–C–C–N with tert-alkyl or cyclic N) is 2. The third kappa shape index (κ3) is 7.53. The van der Waals surface area contributed by atoms with Crippen molar-refractivity contribution in [1.82, 2.24) is 4.90 Å². The van der Waals surface area contributed by atoms with Crippen molar-refractivity contribution in [2.75, 3.05) is 26.2 Å². The molecule has 6 nitrogen and oxygen atoms in total. The lowest BCUT2D eigenvalue weighted by molar-refractivity contribution is -0.0894. The highest BCUT2D eigenvalue weighted by atomic mass is 19.1. The second kappa shape index (κ2) is 12.5. The minimum atomic E-state index is -1.34. The predicted octanol–water partition coefficient (Wildman–Crippen LogP) is 2.47. The number of rotatable bonds is 10. The molecule has 182 valence electrons. The van der Waals surface area contributed by atoms with Gasteiger partial charge in [-0.25, -0.2) is 8.78 Å². The molecular formula is C25H33F2NO5. The molecule has 2 aromatic rings. The molecule has 0 unspecified atom stereocenters. The number of benzene rings is 2. The molecule has 1 heterocycles. The molecule has 0 bridgehead atoms. The van der Waals surface area contributed by atoms with Gasteiger partial charge in [-0.2, -0.15) is 0 Å². The smallest absolute Gasteiger partial charge is 0.126 e. The van der Waals surface area contributed by atoms with Crippen molar-refractivity contribution in [1.29, 1.82) is 0 Å². The van der Waals surface area contributed by atoms with E-state index >= 15 is 0 Å². The molecule has 0 saturated carbocycles. The quantitative estimate of drug-likeness (QED) is 0.403. The van der Waals surface area contributed by atoms with Gasteiger partial charge in [0.05, 0.1) is 18.8 Å². The van der Waals surface area contributed by atoms with Gasteiger partial charge in [-0.3, -0.25) is 4.90 Å². The first-order valence-corrected chi connectivity index (χ1v) is 11.4. The maximum atomic E-state index is 13.6. The lowest BCUT2D eigenvalue weighted by Gasteiger charge is -2.23. The van der Waals surface area contributed by atoms with Crippen LogP contribution in [0.2, 0.25) is 0 Å². The third-order valence-electron chi connectivity index (χ3n) is 5.99. The lowest BCUT2D eigenvalue weighted by atomic mass is 10.00. The summed E-state index contributed by atoms with van der Waals surface area (Å²) in [5.41, 5.74) is 2.09. The zero-order valence-corrected chi connectivity index (χ0v) is 18.6. The maximum Gasteiger partial charge on any atom is 0.126 e. The van der Waals surface area contributed by atoms with Crippen molar-refractivity contribution in [2.45, 2.75) is 56.7 Å². The summed E-state index contributed by atoms with van der Waals surface area (Å²) in [5, 5.41) is 39.3. The average molecular weight is 466 g/mol. The summed E-state index contributed by atoms with van der Waals surface area (Å²) in [7, 11) is 0. The summed E-state index contributed by atoms with van der Waals surface area (Å²) in [4.78, 5) is 1.86. The van der Waals surface area contributed by atoms with E-state index < -0.39 is 36.1 Å². The molecule has 1 saturated heterocycles. The second-order valence-corrected chi connectivity index (χ2v) is 8.66. The normalized spacial score (nSPS) is 24.1. The van der Waals surface area contributed by atoms with Gasteiger partial charge in [-0.1, -0.05) is 37.1 Å². The van der Waals surface area contributed by atoms with E-state index in [0.717, 1.165) is 42.9 Å². The Bertz CT molecular complexity index is 847. The Labute approximate surface area is 193 Å². The van der Waals surface area contributed by atoms with E-state index in [4.69, 9.17) is 4.74 Å². The molecule has 0 aromatic heterocycles. The van der Waals surface area contributed by atoms with Crippen LogP contribution in [-0.4, -0.2) is 76.0 Å². The third-order valence-corrected chi connectivity index (χ3v) is 5.99. The first-order valence-electron chi connectivity index (χ1n) is 11.4. The zero-order valence-electron chi connectivity index (χ0n) is 18.6. The number of aliphatic hydroxyl groups excluding tert-OH is 4. The molecule has 4 atom stereocenters. The van der Waals surface area contributed by atoms with Gasteiger partial charge in [0.15, 0.2) is 0 Å². The lowest BCUT2D eigenvalue weighted by Crippen LogP contribution is -2.43. The highest BCUT2D eigenvalue weighted by Gasteiger charge is 2.35. The van der Waals surface area contributed by atoms with Crippen LogP contribution in [0.1, 0.15) is 31.2 Å². The predicted molar refractivity (Wildman–Crippen MR) is 120 cm³/mol. The van der Waals surface area contributed by atoms with Crippen LogP contribution < -0.4 is 0 Å². The summed E-state index contributed by atoms with van der Waals surface area (Å²) >= 11 is 0. The standard InChI is InChI=1S/C25H33F2NO5/c26-19-11-18(12-20(27)13-19)21-8-4-3-7-17(21)16-33-10-6-2-1-5-9-28-14-22(29)24(31)25(32)23(30)15-28/h3-4,7-8,11-13,22-25,29-32H,1-2,5-6,9-10,14-16H2/t22-,23-,24+,25+/m0/s1. The van der Waals surface area contributed by atoms with Gasteiger partial charge in [0.2, 0.25) is 0 Å². The molecule has 1 fully saturated rings. The summed E-state index contributed by atoms with van der Waals surface area (Å²) < 4.78 is 33.0. The van der Waals surface area contributed by atoms with Crippen molar-refractivity contribution >= 4 is 0 Å². The van der Waals surface area contributed by atoms with Crippen LogP contribution in [0.25, 0.3) is 11.1 Å². The van der Waals surface area contributed by atoms with Gasteiger partial charge in [-0.15, -0.1) is 0 Å². The number of aliphatic hydroxyl groups is 4. The molecule has 0 spiro atoms. The molecule has 0 radical (unpaired) electrons. The Hall–Kier alpha value is -1.94. The van der Waals surface area contributed by atoms with E-state index in [2.05, 4.69) is 0 Å². The minimum absolute atomic E-state index is 0.215. The molecule has 33 heavy (non-hydrogen) atoms. The highest BCUT2D eigenvalue weighted by molar-refractivity contribution is 5.67. The van der Waals surface area contributed by atoms with Crippen LogP contribution in [0.4, 0.5) is 8.78 Å². The summed E-state index contributed by atoms with van der Waals surface area (Å²) in [5.74, 6) is -1.23. The van der Waals surface area contributed by atoms with E-state index in [0.29, 0.717) is 25.3 Å².